The van der Waals surface area contributed by atoms with Gasteiger partial charge in [0.1, 0.15) is 0 Å². The van der Waals surface area contributed by atoms with Crippen molar-refractivity contribution in [2.75, 3.05) is 0 Å². The van der Waals surface area contributed by atoms with Gasteiger partial charge in [0, 0.05) is 39.0 Å². The summed E-state index contributed by atoms with van der Waals surface area (Å²) < 4.78 is 2.16. The molecule has 0 bridgehead atoms. The number of rotatable bonds is 6. The van der Waals surface area contributed by atoms with E-state index in [4.69, 9.17) is 0 Å². The third-order valence-electron chi connectivity index (χ3n) is 6.05. The van der Waals surface area contributed by atoms with Crippen LogP contribution < -0.4 is 5.32 Å². The molecule has 1 aliphatic heterocycles. The number of benzene rings is 3. The molecule has 1 aromatic heterocycles. The Bertz CT molecular complexity index is 1590. The molecule has 7 nitrogen and oxygen atoms in total. The largest absolute Gasteiger partial charge is 0.318 e. The maximum atomic E-state index is 12.6. The first kappa shape index (κ1) is 25.6. The van der Waals surface area contributed by atoms with E-state index in [1.165, 1.54) is 23.9 Å². The van der Waals surface area contributed by atoms with Gasteiger partial charge in [0.05, 0.1) is 15.5 Å². The standard InChI is InChI=1S/C29H24N4O3S2/c1-18-4-6-22(7-5-18)30-29-31-28(34)27(38-29)17-21-16-19(2)32(20(21)3)23-8-12-25(13-9-23)37-26-14-10-24(11-15-26)33(35)36/h4-17H,1-3H3,(H,30,31,34)/b27-17+. The Hall–Kier alpha value is -4.08. The maximum Gasteiger partial charge on any atom is 0.269 e. The van der Waals surface area contributed by atoms with E-state index in [0.717, 1.165) is 43.7 Å². The van der Waals surface area contributed by atoms with Crippen molar-refractivity contribution >= 4 is 52.0 Å². The molecular formula is C29H24N4O3S2. The summed E-state index contributed by atoms with van der Waals surface area (Å²) >= 11 is 2.89. The molecule has 0 atom stereocenters. The Labute approximate surface area is 228 Å². The number of thioether (sulfide) groups is 1. The van der Waals surface area contributed by atoms with E-state index in [-0.39, 0.29) is 11.6 Å². The van der Waals surface area contributed by atoms with Crippen LogP contribution in [0.1, 0.15) is 22.5 Å². The van der Waals surface area contributed by atoms with Gasteiger partial charge in [0.25, 0.3) is 11.6 Å². The van der Waals surface area contributed by atoms with E-state index in [1.807, 2.05) is 75.4 Å². The van der Waals surface area contributed by atoms with Crippen molar-refractivity contribution in [3.63, 3.8) is 0 Å². The molecule has 0 unspecified atom stereocenters. The summed E-state index contributed by atoms with van der Waals surface area (Å²) in [6, 6.07) is 24.6. The molecule has 0 spiro atoms. The third-order valence-corrected chi connectivity index (χ3v) is 7.98. The highest BCUT2D eigenvalue weighted by atomic mass is 32.2. The molecule has 190 valence electrons. The first-order valence-electron chi connectivity index (χ1n) is 11.8. The van der Waals surface area contributed by atoms with Gasteiger partial charge in [-0.15, -0.1) is 0 Å². The van der Waals surface area contributed by atoms with Crippen LogP contribution in [0.4, 0.5) is 11.4 Å². The van der Waals surface area contributed by atoms with Crippen LogP contribution in [0.5, 0.6) is 0 Å². The minimum atomic E-state index is -0.398. The molecule has 0 radical (unpaired) electrons. The molecular weight excluding hydrogens is 516 g/mol. The smallest absolute Gasteiger partial charge is 0.269 e. The number of amides is 1. The van der Waals surface area contributed by atoms with Crippen LogP contribution in [-0.4, -0.2) is 20.6 Å². The number of amidine groups is 1. The molecule has 0 aliphatic carbocycles. The number of aryl methyl sites for hydroxylation is 2. The summed E-state index contributed by atoms with van der Waals surface area (Å²) in [6.45, 7) is 6.11. The SMILES string of the molecule is Cc1ccc(N=C2NC(=O)/C(=C\c3cc(C)n(-c4ccc(Sc5ccc([N+](=O)[O-])cc5)cc4)c3C)S2)cc1. The summed E-state index contributed by atoms with van der Waals surface area (Å²) in [6.07, 6.45) is 1.91. The summed E-state index contributed by atoms with van der Waals surface area (Å²) in [5.41, 5.74) is 6.12. The van der Waals surface area contributed by atoms with Crippen molar-refractivity contribution in [3.05, 3.63) is 116 Å². The van der Waals surface area contributed by atoms with Gasteiger partial charge in [-0.25, -0.2) is 4.99 Å². The van der Waals surface area contributed by atoms with Gasteiger partial charge in [-0.2, -0.15) is 0 Å². The highest BCUT2D eigenvalue weighted by Gasteiger charge is 2.24. The van der Waals surface area contributed by atoms with E-state index >= 15 is 0 Å². The molecule has 9 heteroatoms. The van der Waals surface area contributed by atoms with Gasteiger partial charge in [-0.05, 0) is 98.8 Å². The van der Waals surface area contributed by atoms with E-state index in [9.17, 15) is 14.9 Å². The molecule has 1 N–H and O–H groups in total. The van der Waals surface area contributed by atoms with Gasteiger partial charge in [-0.3, -0.25) is 14.9 Å². The van der Waals surface area contributed by atoms with Gasteiger partial charge >= 0.3 is 0 Å². The summed E-state index contributed by atoms with van der Waals surface area (Å²) in [4.78, 5) is 30.2. The van der Waals surface area contributed by atoms with Crippen LogP contribution in [0.15, 0.2) is 98.6 Å². The van der Waals surface area contributed by atoms with E-state index in [2.05, 4.69) is 20.9 Å². The second-order valence-corrected chi connectivity index (χ2v) is 11.0. The van der Waals surface area contributed by atoms with Crippen molar-refractivity contribution in [1.29, 1.82) is 0 Å². The molecule has 3 aromatic carbocycles. The van der Waals surface area contributed by atoms with Crippen LogP contribution in [-0.2, 0) is 4.79 Å². The number of nitrogens with zero attached hydrogens (tertiary/aromatic N) is 3. The highest BCUT2D eigenvalue weighted by Crippen LogP contribution is 2.32. The topological polar surface area (TPSA) is 89.5 Å². The summed E-state index contributed by atoms with van der Waals surface area (Å²) in [5, 5.41) is 14.3. The predicted octanol–water partition coefficient (Wildman–Crippen LogP) is 7.35. The Morgan fingerprint density at radius 3 is 2.21 bits per heavy atom. The lowest BCUT2D eigenvalue weighted by Crippen LogP contribution is -2.19. The zero-order valence-electron chi connectivity index (χ0n) is 21.0. The predicted molar refractivity (Wildman–Crippen MR) is 154 cm³/mol. The molecule has 0 saturated carbocycles. The zero-order chi connectivity index (χ0) is 26.8. The number of nitro groups is 1. The molecule has 5 rings (SSSR count). The normalized spacial score (nSPS) is 15.3. The lowest BCUT2D eigenvalue weighted by molar-refractivity contribution is -0.384. The Morgan fingerprint density at radius 2 is 1.58 bits per heavy atom. The number of nitro benzene ring substituents is 1. The van der Waals surface area contributed by atoms with Gasteiger partial charge in [0.15, 0.2) is 5.17 Å². The first-order valence-corrected chi connectivity index (χ1v) is 13.5. The van der Waals surface area contributed by atoms with Crippen molar-refractivity contribution in [1.82, 2.24) is 9.88 Å². The zero-order valence-corrected chi connectivity index (χ0v) is 22.6. The molecule has 4 aromatic rings. The molecule has 2 heterocycles. The van der Waals surface area contributed by atoms with E-state index in [1.54, 1.807) is 23.9 Å². The Kier molecular flexibility index (Phi) is 7.22. The number of nitrogens with one attached hydrogen (secondary N) is 1. The third kappa shape index (κ3) is 5.58. The maximum absolute atomic E-state index is 12.6. The van der Waals surface area contributed by atoms with Crippen molar-refractivity contribution in [2.45, 2.75) is 30.6 Å². The Morgan fingerprint density at radius 1 is 0.947 bits per heavy atom. The first-order chi connectivity index (χ1) is 18.3. The number of hydrogen-bond acceptors (Lipinski definition) is 6. The van der Waals surface area contributed by atoms with Crippen LogP contribution in [0.2, 0.25) is 0 Å². The average Bonchev–Trinajstić information content (AvgIpc) is 3.38. The van der Waals surface area contributed by atoms with Crippen LogP contribution in [0.3, 0.4) is 0 Å². The van der Waals surface area contributed by atoms with E-state index in [0.29, 0.717) is 10.1 Å². The minimum absolute atomic E-state index is 0.0808. The molecule has 1 amide bonds. The Balaban J connectivity index is 1.33. The van der Waals surface area contributed by atoms with Crippen molar-refractivity contribution < 1.29 is 9.72 Å². The second-order valence-electron chi connectivity index (χ2n) is 8.83. The minimum Gasteiger partial charge on any atom is -0.318 e. The molecule has 38 heavy (non-hydrogen) atoms. The monoisotopic (exact) mass is 540 g/mol. The lowest BCUT2D eigenvalue weighted by Gasteiger charge is -2.11. The van der Waals surface area contributed by atoms with E-state index < -0.39 is 4.92 Å². The lowest BCUT2D eigenvalue weighted by atomic mass is 10.2. The van der Waals surface area contributed by atoms with Crippen molar-refractivity contribution in [3.8, 4) is 5.69 Å². The summed E-state index contributed by atoms with van der Waals surface area (Å²) in [7, 11) is 0. The molecule has 1 aliphatic rings. The number of hydrogen-bond donors (Lipinski definition) is 1. The molecule has 1 saturated heterocycles. The van der Waals surface area contributed by atoms with Gasteiger partial charge in [0.2, 0.25) is 0 Å². The fourth-order valence-corrected chi connectivity index (χ4v) is 5.77. The molecule has 1 fully saturated rings. The fourth-order valence-electron chi connectivity index (χ4n) is 4.12. The quantitative estimate of drug-likeness (QED) is 0.157. The number of carbonyl (C=O) groups is 1. The van der Waals surface area contributed by atoms with Crippen molar-refractivity contribution in [2.24, 2.45) is 4.99 Å². The average molecular weight is 541 g/mol. The van der Waals surface area contributed by atoms with Crippen LogP contribution in [0.25, 0.3) is 11.8 Å². The number of carbonyl (C=O) groups excluding carboxylic acids is 1. The van der Waals surface area contributed by atoms with Crippen LogP contribution >= 0.6 is 23.5 Å². The number of aliphatic imine (C=N–C) groups is 1. The van der Waals surface area contributed by atoms with Crippen LogP contribution in [0, 0.1) is 30.9 Å². The highest BCUT2D eigenvalue weighted by molar-refractivity contribution is 8.18. The van der Waals surface area contributed by atoms with Gasteiger partial charge in [-0.1, -0.05) is 29.5 Å². The fraction of sp³-hybridized carbons (Fsp3) is 0.103. The number of aromatic nitrogens is 1. The summed E-state index contributed by atoms with van der Waals surface area (Å²) in [5.74, 6) is -0.154. The number of non-ortho nitro benzene ring substituents is 1. The van der Waals surface area contributed by atoms with Gasteiger partial charge < -0.3 is 9.88 Å². The second kappa shape index (κ2) is 10.7.